The van der Waals surface area contributed by atoms with Gasteiger partial charge in [0, 0.05) is 25.4 Å². The van der Waals surface area contributed by atoms with Gasteiger partial charge in [-0.1, -0.05) is 26.8 Å². The summed E-state index contributed by atoms with van der Waals surface area (Å²) < 4.78 is 13.5. The first kappa shape index (κ1) is 19.3. The van der Waals surface area contributed by atoms with Crippen molar-refractivity contribution in [2.45, 2.75) is 46.7 Å². The molecule has 0 saturated heterocycles. The molecule has 1 amide bonds. The van der Waals surface area contributed by atoms with E-state index in [1.54, 1.807) is 6.20 Å². The Balaban J connectivity index is 1.73. The lowest BCUT2D eigenvalue weighted by Crippen LogP contribution is -2.36. The molecule has 1 N–H and O–H groups in total. The molecule has 6 heteroatoms. The highest BCUT2D eigenvalue weighted by atomic mass is 16.5. The van der Waals surface area contributed by atoms with E-state index >= 15 is 0 Å². The predicted octanol–water partition coefficient (Wildman–Crippen LogP) is 3.50. The zero-order chi connectivity index (χ0) is 19.4. The fourth-order valence-corrected chi connectivity index (χ4v) is 3.28. The van der Waals surface area contributed by atoms with Gasteiger partial charge in [-0.25, -0.2) is 4.98 Å². The molecule has 0 aliphatic carbocycles. The molecular weight excluding hydrogens is 342 g/mol. The third-order valence-corrected chi connectivity index (χ3v) is 4.94. The van der Waals surface area contributed by atoms with Crippen LogP contribution in [0.5, 0.6) is 11.5 Å². The smallest absolute Gasteiger partial charge is 0.225 e. The summed E-state index contributed by atoms with van der Waals surface area (Å²) in [6, 6.07) is 5.87. The number of nitrogens with one attached hydrogen (secondary N) is 1. The maximum atomic E-state index is 12.8. The molecule has 0 spiro atoms. The quantitative estimate of drug-likeness (QED) is 0.844. The molecule has 0 saturated carbocycles. The van der Waals surface area contributed by atoms with Crippen molar-refractivity contribution in [1.82, 2.24) is 14.9 Å². The summed E-state index contributed by atoms with van der Waals surface area (Å²) in [5, 5.41) is 3.22. The van der Waals surface area contributed by atoms with E-state index in [2.05, 4.69) is 24.1 Å². The van der Waals surface area contributed by atoms with Crippen molar-refractivity contribution in [3.8, 4) is 11.5 Å². The van der Waals surface area contributed by atoms with Gasteiger partial charge in [0.1, 0.15) is 5.82 Å². The number of rotatable bonds is 6. The highest BCUT2D eigenvalue weighted by Gasteiger charge is 2.23. The maximum Gasteiger partial charge on any atom is 0.225 e. The summed E-state index contributed by atoms with van der Waals surface area (Å²) in [6.45, 7) is 10.0. The van der Waals surface area contributed by atoms with Crippen molar-refractivity contribution in [3.05, 3.63) is 42.0 Å². The number of amides is 1. The van der Waals surface area contributed by atoms with Crippen molar-refractivity contribution < 1.29 is 14.3 Å². The molecule has 3 rings (SSSR count). The van der Waals surface area contributed by atoms with E-state index in [1.807, 2.05) is 42.8 Å². The minimum absolute atomic E-state index is 0.0360. The number of aryl methyl sites for hydroxylation is 1. The Kier molecular flexibility index (Phi) is 6.04. The first-order valence-electron chi connectivity index (χ1n) is 9.63. The average molecular weight is 371 g/mol. The first-order valence-corrected chi connectivity index (χ1v) is 9.63. The molecule has 2 heterocycles. The van der Waals surface area contributed by atoms with E-state index in [1.165, 1.54) is 0 Å². The number of hydrogen-bond acceptors (Lipinski definition) is 4. The molecule has 1 aliphatic heterocycles. The fraction of sp³-hybridized carbons (Fsp3) is 0.524. The van der Waals surface area contributed by atoms with Crippen LogP contribution in [0.2, 0.25) is 0 Å². The van der Waals surface area contributed by atoms with Gasteiger partial charge in [0.25, 0.3) is 0 Å². The molecule has 1 aromatic carbocycles. The second-order valence-electron chi connectivity index (χ2n) is 7.51. The molecule has 146 valence electrons. The van der Waals surface area contributed by atoms with E-state index in [0.717, 1.165) is 29.3 Å². The molecule has 6 nitrogen and oxygen atoms in total. The number of aromatic nitrogens is 2. The summed E-state index contributed by atoms with van der Waals surface area (Å²) >= 11 is 0. The van der Waals surface area contributed by atoms with Crippen molar-refractivity contribution in [2.75, 3.05) is 13.2 Å². The Hall–Kier alpha value is -2.50. The molecule has 1 aromatic heterocycles. The van der Waals surface area contributed by atoms with Crippen molar-refractivity contribution in [3.63, 3.8) is 0 Å². The summed E-state index contributed by atoms with van der Waals surface area (Å²) in [4.78, 5) is 17.0. The molecule has 2 atom stereocenters. The second-order valence-corrected chi connectivity index (χ2v) is 7.51. The molecule has 0 unspecified atom stereocenters. The van der Waals surface area contributed by atoms with Crippen LogP contribution in [0.1, 0.15) is 44.6 Å². The van der Waals surface area contributed by atoms with E-state index in [4.69, 9.17) is 9.47 Å². The minimum Gasteiger partial charge on any atom is -0.490 e. The van der Waals surface area contributed by atoms with Crippen LogP contribution in [0.15, 0.2) is 30.6 Å². The Morgan fingerprint density at radius 3 is 2.63 bits per heavy atom. The van der Waals surface area contributed by atoms with Gasteiger partial charge >= 0.3 is 0 Å². The van der Waals surface area contributed by atoms with Crippen molar-refractivity contribution in [1.29, 1.82) is 0 Å². The van der Waals surface area contributed by atoms with Gasteiger partial charge < -0.3 is 19.4 Å². The highest BCUT2D eigenvalue weighted by molar-refractivity contribution is 5.78. The second kappa shape index (κ2) is 8.46. The Labute approximate surface area is 160 Å². The average Bonchev–Trinajstić information content (AvgIpc) is 2.90. The topological polar surface area (TPSA) is 65.4 Å². The van der Waals surface area contributed by atoms with E-state index < -0.39 is 0 Å². The third-order valence-electron chi connectivity index (χ3n) is 4.94. The molecule has 2 aromatic rings. The van der Waals surface area contributed by atoms with Crippen LogP contribution in [0.3, 0.4) is 0 Å². The zero-order valence-electron chi connectivity index (χ0n) is 16.6. The molecule has 0 radical (unpaired) electrons. The summed E-state index contributed by atoms with van der Waals surface area (Å²) in [6.07, 6.45) is 4.54. The molecule has 1 aliphatic rings. The number of benzene rings is 1. The Bertz CT molecular complexity index is 785. The molecule has 0 fully saturated rings. The lowest BCUT2D eigenvalue weighted by molar-refractivity contribution is -0.126. The van der Waals surface area contributed by atoms with Crippen LogP contribution >= 0.6 is 0 Å². The van der Waals surface area contributed by atoms with E-state index in [0.29, 0.717) is 19.8 Å². The van der Waals surface area contributed by atoms with Crippen LogP contribution in [-0.4, -0.2) is 28.7 Å². The normalized spacial score (nSPS) is 15.9. The van der Waals surface area contributed by atoms with Crippen LogP contribution in [-0.2, 0) is 11.3 Å². The Morgan fingerprint density at radius 2 is 1.96 bits per heavy atom. The number of carbonyl (C=O) groups excluding carboxylic acids is 1. The van der Waals surface area contributed by atoms with Crippen molar-refractivity contribution in [2.24, 2.45) is 11.8 Å². The third kappa shape index (κ3) is 4.62. The first-order chi connectivity index (χ1) is 13.0. The number of imidazole rings is 1. The predicted molar refractivity (Wildman–Crippen MR) is 104 cm³/mol. The lowest BCUT2D eigenvalue weighted by Gasteiger charge is -2.25. The number of ether oxygens (including phenoxy) is 2. The van der Waals surface area contributed by atoms with Crippen molar-refractivity contribution >= 4 is 5.91 Å². The summed E-state index contributed by atoms with van der Waals surface area (Å²) in [7, 11) is 0. The van der Waals surface area contributed by atoms with Gasteiger partial charge in [0.2, 0.25) is 5.91 Å². The van der Waals surface area contributed by atoms with Gasteiger partial charge in [-0.05, 0) is 30.5 Å². The van der Waals surface area contributed by atoms with Gasteiger partial charge in [-0.15, -0.1) is 0 Å². The standard InChI is InChI=1S/C21H29N3O3/c1-14(2)20(17-6-7-18-19(12-17)27-11-5-10-26-18)23-21(25)15(3)13-24-9-8-22-16(24)4/h6-9,12,14-15,20H,5,10-11,13H2,1-4H3,(H,23,25)/t15-,20+/m0/s1. The molecular formula is C21H29N3O3. The van der Waals surface area contributed by atoms with Crippen LogP contribution in [0.4, 0.5) is 0 Å². The molecule has 27 heavy (non-hydrogen) atoms. The van der Waals surface area contributed by atoms with Crippen LogP contribution in [0, 0.1) is 18.8 Å². The van der Waals surface area contributed by atoms with Gasteiger partial charge in [0.05, 0.1) is 25.2 Å². The zero-order valence-corrected chi connectivity index (χ0v) is 16.6. The van der Waals surface area contributed by atoms with Gasteiger partial charge in [0.15, 0.2) is 11.5 Å². The molecule has 0 bridgehead atoms. The largest absolute Gasteiger partial charge is 0.490 e. The lowest BCUT2D eigenvalue weighted by atomic mass is 9.94. The highest BCUT2D eigenvalue weighted by Crippen LogP contribution is 2.34. The monoisotopic (exact) mass is 371 g/mol. The maximum absolute atomic E-state index is 12.8. The van der Waals surface area contributed by atoms with Crippen LogP contribution in [0.25, 0.3) is 0 Å². The van der Waals surface area contributed by atoms with E-state index in [-0.39, 0.29) is 23.8 Å². The number of carbonyl (C=O) groups is 1. The fourth-order valence-electron chi connectivity index (χ4n) is 3.28. The van der Waals surface area contributed by atoms with Crippen LogP contribution < -0.4 is 14.8 Å². The number of nitrogens with zero attached hydrogens (tertiary/aromatic N) is 2. The Morgan fingerprint density at radius 1 is 1.22 bits per heavy atom. The number of fused-ring (bicyclic) bond motifs is 1. The van der Waals surface area contributed by atoms with E-state index in [9.17, 15) is 4.79 Å². The van der Waals surface area contributed by atoms with Gasteiger partial charge in [-0.3, -0.25) is 4.79 Å². The summed E-state index contributed by atoms with van der Waals surface area (Å²) in [5.74, 6) is 2.58. The summed E-state index contributed by atoms with van der Waals surface area (Å²) in [5.41, 5.74) is 1.04. The minimum atomic E-state index is -0.153. The number of hydrogen-bond donors (Lipinski definition) is 1. The van der Waals surface area contributed by atoms with Gasteiger partial charge in [-0.2, -0.15) is 0 Å². The SMILES string of the molecule is Cc1nccn1C[C@H](C)C(=O)N[C@@H](c1ccc2c(c1)OCCCO2)C(C)C.